The molecule has 2 aromatic carbocycles. The van der Waals surface area contributed by atoms with Gasteiger partial charge in [-0.25, -0.2) is 8.42 Å². The minimum Gasteiger partial charge on any atom is -0.371 e. The molecule has 34 heavy (non-hydrogen) atoms. The number of nitrogens with one attached hydrogen (secondary N) is 1. The quantitative estimate of drug-likeness (QED) is 0.501. The van der Waals surface area contributed by atoms with E-state index in [4.69, 9.17) is 11.6 Å². The summed E-state index contributed by atoms with van der Waals surface area (Å²) in [6.45, 7) is 8.45. The molecular formula is C26H36ClN3O3S. The SMILES string of the molecule is Cc1c(Cl)cccc1N(CCCC(=O)NC(C)c1ccc(N2CCCC(C)C2)cc1)S(C)(=O)=O. The molecule has 0 bridgehead atoms. The number of nitrogens with zero attached hydrogens (tertiary/aromatic N) is 2. The molecule has 1 aliphatic heterocycles. The van der Waals surface area contributed by atoms with Gasteiger partial charge in [0.15, 0.2) is 0 Å². The molecule has 1 heterocycles. The van der Waals surface area contributed by atoms with Crippen molar-refractivity contribution >= 4 is 38.9 Å². The number of benzene rings is 2. The number of rotatable bonds is 9. The van der Waals surface area contributed by atoms with Crippen LogP contribution in [-0.4, -0.2) is 40.2 Å². The van der Waals surface area contributed by atoms with Gasteiger partial charge in [0.2, 0.25) is 15.9 Å². The van der Waals surface area contributed by atoms with Crippen LogP contribution < -0.4 is 14.5 Å². The monoisotopic (exact) mass is 505 g/mol. The zero-order valence-electron chi connectivity index (χ0n) is 20.6. The van der Waals surface area contributed by atoms with Gasteiger partial charge in [-0.2, -0.15) is 0 Å². The molecule has 1 fully saturated rings. The Balaban J connectivity index is 1.54. The molecule has 0 radical (unpaired) electrons. The van der Waals surface area contributed by atoms with Crippen LogP contribution in [0, 0.1) is 12.8 Å². The third-order valence-electron chi connectivity index (χ3n) is 6.47. The molecule has 1 amide bonds. The van der Waals surface area contributed by atoms with E-state index >= 15 is 0 Å². The molecule has 1 saturated heterocycles. The number of anilines is 2. The summed E-state index contributed by atoms with van der Waals surface area (Å²) >= 11 is 6.18. The molecule has 1 aliphatic rings. The predicted octanol–water partition coefficient (Wildman–Crippen LogP) is 5.31. The third-order valence-corrected chi connectivity index (χ3v) is 8.06. The first-order valence-corrected chi connectivity index (χ1v) is 14.2. The van der Waals surface area contributed by atoms with Gasteiger partial charge in [-0.15, -0.1) is 0 Å². The standard InChI is InChI=1S/C26H36ClN3O3S/c1-19-8-6-16-29(18-19)23-14-12-22(13-15-23)21(3)28-26(31)11-7-17-30(34(4,32)33)25-10-5-9-24(27)20(25)2/h5,9-10,12-15,19,21H,6-8,11,16-18H2,1-4H3,(H,28,31). The van der Waals surface area contributed by atoms with Crippen LogP contribution in [0.4, 0.5) is 11.4 Å². The van der Waals surface area contributed by atoms with Gasteiger partial charge in [0.1, 0.15) is 0 Å². The van der Waals surface area contributed by atoms with Crippen LogP contribution in [0.3, 0.4) is 0 Å². The molecule has 8 heteroatoms. The van der Waals surface area contributed by atoms with Gasteiger partial charge < -0.3 is 10.2 Å². The molecule has 6 nitrogen and oxygen atoms in total. The fourth-order valence-corrected chi connectivity index (χ4v) is 5.69. The van der Waals surface area contributed by atoms with Gasteiger partial charge in [-0.05, 0) is 74.4 Å². The summed E-state index contributed by atoms with van der Waals surface area (Å²) in [5, 5.41) is 3.55. The summed E-state index contributed by atoms with van der Waals surface area (Å²) in [6.07, 6.45) is 4.33. The minimum atomic E-state index is -3.50. The van der Waals surface area contributed by atoms with Crippen molar-refractivity contribution in [3.05, 3.63) is 58.6 Å². The minimum absolute atomic E-state index is 0.0994. The number of amides is 1. The van der Waals surface area contributed by atoms with Crippen LogP contribution >= 0.6 is 11.6 Å². The molecule has 0 spiro atoms. The fourth-order valence-electron chi connectivity index (χ4n) is 4.51. The molecule has 186 valence electrons. The number of carbonyl (C=O) groups excluding carboxylic acids is 1. The largest absolute Gasteiger partial charge is 0.371 e. The van der Waals surface area contributed by atoms with Crippen LogP contribution in [-0.2, 0) is 14.8 Å². The number of halogens is 1. The number of carbonyl (C=O) groups is 1. The zero-order valence-corrected chi connectivity index (χ0v) is 22.1. The van der Waals surface area contributed by atoms with Crippen LogP contribution in [0.2, 0.25) is 5.02 Å². The van der Waals surface area contributed by atoms with E-state index in [1.54, 1.807) is 25.1 Å². The van der Waals surface area contributed by atoms with Crippen molar-refractivity contribution < 1.29 is 13.2 Å². The molecule has 2 unspecified atom stereocenters. The highest BCUT2D eigenvalue weighted by Crippen LogP contribution is 2.29. The van der Waals surface area contributed by atoms with E-state index in [9.17, 15) is 13.2 Å². The van der Waals surface area contributed by atoms with Crippen molar-refractivity contribution in [2.45, 2.75) is 52.5 Å². The summed E-state index contributed by atoms with van der Waals surface area (Å²) < 4.78 is 26.1. The van der Waals surface area contributed by atoms with Crippen molar-refractivity contribution in [2.24, 2.45) is 5.92 Å². The maximum absolute atomic E-state index is 12.6. The van der Waals surface area contributed by atoms with Crippen LogP contribution in [0.15, 0.2) is 42.5 Å². The summed E-state index contributed by atoms with van der Waals surface area (Å²) in [7, 11) is -3.50. The highest BCUT2D eigenvalue weighted by molar-refractivity contribution is 7.92. The maximum Gasteiger partial charge on any atom is 0.232 e. The normalized spacial score (nSPS) is 17.3. The average Bonchev–Trinajstić information content (AvgIpc) is 2.78. The first kappa shape index (κ1) is 26.4. The predicted molar refractivity (Wildman–Crippen MR) is 141 cm³/mol. The Morgan fingerprint density at radius 1 is 1.24 bits per heavy atom. The smallest absolute Gasteiger partial charge is 0.232 e. The van der Waals surface area contributed by atoms with Gasteiger partial charge in [-0.3, -0.25) is 9.10 Å². The summed E-state index contributed by atoms with van der Waals surface area (Å²) in [5.41, 5.74) is 3.53. The second-order valence-corrected chi connectivity index (χ2v) is 11.7. The van der Waals surface area contributed by atoms with Gasteiger partial charge >= 0.3 is 0 Å². The summed E-state index contributed by atoms with van der Waals surface area (Å²) in [5.74, 6) is 0.616. The average molecular weight is 506 g/mol. The Bertz CT molecular complexity index is 1090. The van der Waals surface area contributed by atoms with Crippen molar-refractivity contribution in [3.8, 4) is 0 Å². The molecule has 2 aromatic rings. The second kappa shape index (κ2) is 11.5. The lowest BCUT2D eigenvalue weighted by Crippen LogP contribution is -2.34. The Hall–Kier alpha value is -2.25. The van der Waals surface area contributed by atoms with Crippen molar-refractivity contribution in [1.29, 1.82) is 0 Å². The topological polar surface area (TPSA) is 69.7 Å². The van der Waals surface area contributed by atoms with Crippen molar-refractivity contribution in [2.75, 3.05) is 35.1 Å². The lowest BCUT2D eigenvalue weighted by Gasteiger charge is -2.33. The first-order valence-electron chi connectivity index (χ1n) is 11.9. The van der Waals surface area contributed by atoms with Crippen molar-refractivity contribution in [3.63, 3.8) is 0 Å². The number of hydrogen-bond acceptors (Lipinski definition) is 4. The van der Waals surface area contributed by atoms with E-state index < -0.39 is 10.0 Å². The number of hydrogen-bond donors (Lipinski definition) is 1. The summed E-state index contributed by atoms with van der Waals surface area (Å²) in [4.78, 5) is 15.0. The Morgan fingerprint density at radius 2 is 1.94 bits per heavy atom. The number of piperidine rings is 1. The fraction of sp³-hybridized carbons (Fsp3) is 0.500. The summed E-state index contributed by atoms with van der Waals surface area (Å²) in [6, 6.07) is 13.5. The van der Waals surface area contributed by atoms with E-state index in [-0.39, 0.29) is 24.9 Å². The molecular weight excluding hydrogens is 470 g/mol. The molecule has 1 N–H and O–H groups in total. The Kier molecular flexibility index (Phi) is 8.88. The van der Waals surface area contributed by atoms with E-state index in [0.717, 1.165) is 18.7 Å². The van der Waals surface area contributed by atoms with E-state index in [0.29, 0.717) is 28.6 Å². The Labute approximate surface area is 209 Å². The van der Waals surface area contributed by atoms with Gasteiger partial charge in [0.25, 0.3) is 0 Å². The van der Waals surface area contributed by atoms with Crippen LogP contribution in [0.25, 0.3) is 0 Å². The number of sulfonamides is 1. The highest BCUT2D eigenvalue weighted by Gasteiger charge is 2.21. The van der Waals surface area contributed by atoms with E-state index in [1.165, 1.54) is 29.1 Å². The first-order chi connectivity index (χ1) is 16.1. The zero-order chi connectivity index (χ0) is 24.9. The molecule has 0 saturated carbocycles. The Morgan fingerprint density at radius 3 is 2.59 bits per heavy atom. The van der Waals surface area contributed by atoms with Crippen LogP contribution in [0.1, 0.15) is 56.7 Å². The van der Waals surface area contributed by atoms with Crippen molar-refractivity contribution in [1.82, 2.24) is 5.32 Å². The second-order valence-electron chi connectivity index (χ2n) is 9.40. The lowest BCUT2D eigenvalue weighted by molar-refractivity contribution is -0.121. The molecule has 3 rings (SSSR count). The van der Waals surface area contributed by atoms with E-state index in [2.05, 4.69) is 41.4 Å². The highest BCUT2D eigenvalue weighted by atomic mass is 35.5. The van der Waals surface area contributed by atoms with Gasteiger partial charge in [-0.1, -0.05) is 36.7 Å². The molecule has 2 atom stereocenters. The molecule has 0 aliphatic carbocycles. The third kappa shape index (κ3) is 6.89. The van der Waals surface area contributed by atoms with Gasteiger partial charge in [0.05, 0.1) is 18.0 Å². The maximum atomic E-state index is 12.6. The van der Waals surface area contributed by atoms with Gasteiger partial charge in [0, 0.05) is 36.8 Å². The van der Waals surface area contributed by atoms with Crippen LogP contribution in [0.5, 0.6) is 0 Å². The lowest BCUT2D eigenvalue weighted by atomic mass is 9.99. The molecule has 0 aromatic heterocycles. The van der Waals surface area contributed by atoms with E-state index in [1.807, 2.05) is 6.92 Å².